The molecule has 0 saturated carbocycles. The number of nitrogens with zero attached hydrogens (tertiary/aromatic N) is 1. The zero-order valence-electron chi connectivity index (χ0n) is 17.8. The molecular formula is C27H23N3OS. The van der Waals surface area contributed by atoms with E-state index in [9.17, 15) is 4.79 Å². The maximum Gasteiger partial charge on any atom is 0.323 e. The van der Waals surface area contributed by atoms with Crippen molar-refractivity contribution in [2.75, 3.05) is 10.6 Å². The summed E-state index contributed by atoms with van der Waals surface area (Å²) in [6, 6.07) is 28.2. The van der Waals surface area contributed by atoms with Gasteiger partial charge in [0.15, 0.2) is 0 Å². The Morgan fingerprint density at radius 3 is 2.41 bits per heavy atom. The minimum atomic E-state index is -0.267. The molecule has 0 radical (unpaired) electrons. The number of nitrogens with one attached hydrogen (secondary N) is 2. The van der Waals surface area contributed by atoms with Crippen LogP contribution in [0.3, 0.4) is 0 Å². The monoisotopic (exact) mass is 437 g/mol. The van der Waals surface area contributed by atoms with E-state index in [1.54, 1.807) is 11.8 Å². The molecule has 5 rings (SSSR count). The minimum absolute atomic E-state index is 0.267. The van der Waals surface area contributed by atoms with Crippen LogP contribution in [0, 0.1) is 6.92 Å². The van der Waals surface area contributed by atoms with Gasteiger partial charge in [-0.25, -0.2) is 9.79 Å². The highest BCUT2D eigenvalue weighted by atomic mass is 32.2. The first kappa shape index (κ1) is 20.3. The number of hydrogen-bond acceptors (Lipinski definition) is 3. The summed E-state index contributed by atoms with van der Waals surface area (Å²) in [5.74, 6) is 0.909. The predicted octanol–water partition coefficient (Wildman–Crippen LogP) is 7.31. The van der Waals surface area contributed by atoms with Gasteiger partial charge in [0.25, 0.3) is 0 Å². The zero-order chi connectivity index (χ0) is 21.9. The fraction of sp³-hybridized carbons (Fsp3) is 0.111. The quantitative estimate of drug-likeness (QED) is 0.352. The molecule has 0 aliphatic carbocycles. The number of aliphatic imine (C=N–C) groups is 1. The van der Waals surface area contributed by atoms with Crippen LogP contribution in [0.5, 0.6) is 0 Å². The van der Waals surface area contributed by atoms with E-state index in [-0.39, 0.29) is 6.03 Å². The molecule has 2 N–H and O–H groups in total. The van der Waals surface area contributed by atoms with Gasteiger partial charge in [-0.15, -0.1) is 11.8 Å². The lowest BCUT2D eigenvalue weighted by Gasteiger charge is -2.09. The average molecular weight is 438 g/mol. The maximum absolute atomic E-state index is 12.5. The molecule has 1 aliphatic rings. The third-order valence-electron chi connectivity index (χ3n) is 5.46. The van der Waals surface area contributed by atoms with Gasteiger partial charge < -0.3 is 10.6 Å². The third kappa shape index (κ3) is 4.68. The summed E-state index contributed by atoms with van der Waals surface area (Å²) in [5, 5.41) is 9.18. The van der Waals surface area contributed by atoms with Crippen LogP contribution >= 0.6 is 11.8 Å². The van der Waals surface area contributed by atoms with Crippen molar-refractivity contribution in [2.45, 2.75) is 19.1 Å². The molecule has 0 bridgehead atoms. The van der Waals surface area contributed by atoms with Crippen LogP contribution in [0.4, 0.5) is 21.9 Å². The molecule has 32 heavy (non-hydrogen) atoms. The first-order valence-corrected chi connectivity index (χ1v) is 11.6. The van der Waals surface area contributed by atoms with Crippen LogP contribution in [0.1, 0.15) is 16.7 Å². The molecule has 4 aromatic rings. The largest absolute Gasteiger partial charge is 0.323 e. The van der Waals surface area contributed by atoms with Gasteiger partial charge in [-0.2, -0.15) is 0 Å². The number of rotatable bonds is 4. The molecule has 1 heterocycles. The smallest absolute Gasteiger partial charge is 0.308 e. The predicted molar refractivity (Wildman–Crippen MR) is 136 cm³/mol. The van der Waals surface area contributed by atoms with E-state index in [0.717, 1.165) is 45.1 Å². The van der Waals surface area contributed by atoms with Crippen LogP contribution < -0.4 is 10.6 Å². The van der Waals surface area contributed by atoms with Crippen molar-refractivity contribution in [3.8, 4) is 0 Å². The van der Waals surface area contributed by atoms with Crippen molar-refractivity contribution in [3.63, 3.8) is 0 Å². The highest BCUT2D eigenvalue weighted by Crippen LogP contribution is 2.33. The van der Waals surface area contributed by atoms with Crippen LogP contribution in [0.2, 0.25) is 0 Å². The fourth-order valence-corrected chi connectivity index (χ4v) is 4.67. The summed E-state index contributed by atoms with van der Waals surface area (Å²) in [6.07, 6.45) is 0.843. The first-order valence-electron chi connectivity index (χ1n) is 10.6. The molecule has 0 spiro atoms. The number of anilines is 2. The number of thioether (sulfide) groups is 1. The molecular weight excluding hydrogens is 414 g/mol. The van der Waals surface area contributed by atoms with Crippen LogP contribution in [0.15, 0.2) is 89.9 Å². The third-order valence-corrected chi connectivity index (χ3v) is 6.51. The van der Waals surface area contributed by atoms with Gasteiger partial charge in [0.1, 0.15) is 0 Å². The molecule has 0 aromatic heterocycles. The van der Waals surface area contributed by atoms with Gasteiger partial charge in [0, 0.05) is 23.5 Å². The molecule has 4 aromatic carbocycles. The molecule has 4 nitrogen and oxygen atoms in total. The van der Waals surface area contributed by atoms with Gasteiger partial charge in [-0.05, 0) is 53.1 Å². The average Bonchev–Trinajstić information content (AvgIpc) is 3.21. The number of hydrogen-bond donors (Lipinski definition) is 2. The summed E-state index contributed by atoms with van der Waals surface area (Å²) in [7, 11) is 0. The summed E-state index contributed by atoms with van der Waals surface area (Å²) < 4.78 is 0. The summed E-state index contributed by atoms with van der Waals surface area (Å²) >= 11 is 1.77. The van der Waals surface area contributed by atoms with E-state index < -0.39 is 0 Å². The lowest BCUT2D eigenvalue weighted by Crippen LogP contribution is -2.19. The van der Waals surface area contributed by atoms with Gasteiger partial charge >= 0.3 is 6.03 Å². The van der Waals surface area contributed by atoms with E-state index in [2.05, 4.69) is 47.9 Å². The number of carbonyl (C=O) groups excluding carboxylic acids is 1. The molecule has 158 valence electrons. The standard InChI is InChI=1S/C27H23N3OS/c1-18-6-8-19(9-7-18)17-32-26-15-22-11-13-24(16-25(22)30-26)29-27(31)28-23-12-10-20-4-2-3-5-21(20)14-23/h2-14,16H,15,17H2,1H3,(H2,28,29,31). The second-order valence-corrected chi connectivity index (χ2v) is 8.99. The Kier molecular flexibility index (Phi) is 5.65. The first-order chi connectivity index (χ1) is 15.6. The number of benzene rings is 4. The van der Waals surface area contributed by atoms with Crippen LogP contribution in [-0.2, 0) is 12.2 Å². The van der Waals surface area contributed by atoms with Crippen LogP contribution in [-0.4, -0.2) is 11.1 Å². The zero-order valence-corrected chi connectivity index (χ0v) is 18.6. The molecule has 2 amide bonds. The van der Waals surface area contributed by atoms with Gasteiger partial charge in [-0.1, -0.05) is 66.2 Å². The Labute approximate surface area is 191 Å². The Morgan fingerprint density at radius 1 is 0.875 bits per heavy atom. The fourth-order valence-electron chi connectivity index (χ4n) is 3.73. The molecule has 1 aliphatic heterocycles. The van der Waals surface area contributed by atoms with E-state index in [1.165, 1.54) is 16.7 Å². The van der Waals surface area contributed by atoms with Crippen LogP contribution in [0.25, 0.3) is 10.8 Å². The van der Waals surface area contributed by atoms with E-state index >= 15 is 0 Å². The number of aryl methyl sites for hydroxylation is 1. The normalized spacial score (nSPS) is 12.3. The molecule has 0 fully saturated rings. The Hall–Kier alpha value is -3.57. The molecule has 0 atom stereocenters. The topological polar surface area (TPSA) is 53.5 Å². The summed E-state index contributed by atoms with van der Waals surface area (Å²) in [4.78, 5) is 17.3. The van der Waals surface area contributed by atoms with Gasteiger partial charge in [0.05, 0.1) is 10.7 Å². The molecule has 5 heteroatoms. The van der Waals surface area contributed by atoms with Gasteiger partial charge in [0.2, 0.25) is 0 Å². The van der Waals surface area contributed by atoms with E-state index in [4.69, 9.17) is 4.99 Å². The number of urea groups is 1. The van der Waals surface area contributed by atoms with Crippen molar-refractivity contribution < 1.29 is 4.79 Å². The van der Waals surface area contributed by atoms with Crippen molar-refractivity contribution in [3.05, 3.63) is 102 Å². The number of amides is 2. The van der Waals surface area contributed by atoms with E-state index in [0.29, 0.717) is 0 Å². The number of carbonyl (C=O) groups is 1. The number of fused-ring (bicyclic) bond motifs is 2. The van der Waals surface area contributed by atoms with Crippen molar-refractivity contribution >= 4 is 50.7 Å². The SMILES string of the molecule is Cc1ccc(CSC2=Nc3cc(NC(=O)Nc4ccc5ccccc5c4)ccc3C2)cc1. The Bertz CT molecular complexity index is 1330. The Balaban J connectivity index is 1.21. The minimum Gasteiger partial charge on any atom is -0.308 e. The molecule has 0 unspecified atom stereocenters. The summed E-state index contributed by atoms with van der Waals surface area (Å²) in [5.41, 5.74) is 6.18. The van der Waals surface area contributed by atoms with E-state index in [1.807, 2.05) is 54.6 Å². The second kappa shape index (κ2) is 8.89. The lowest BCUT2D eigenvalue weighted by atomic mass is 10.1. The van der Waals surface area contributed by atoms with Crippen molar-refractivity contribution in [1.29, 1.82) is 0 Å². The highest BCUT2D eigenvalue weighted by Gasteiger charge is 2.16. The van der Waals surface area contributed by atoms with Gasteiger partial charge in [-0.3, -0.25) is 0 Å². The maximum atomic E-state index is 12.5. The molecule has 0 saturated heterocycles. The van der Waals surface area contributed by atoms with Crippen molar-refractivity contribution in [2.24, 2.45) is 4.99 Å². The summed E-state index contributed by atoms with van der Waals surface area (Å²) in [6.45, 7) is 2.10. The second-order valence-electron chi connectivity index (χ2n) is 7.94. The lowest BCUT2D eigenvalue weighted by molar-refractivity contribution is 0.262. The van der Waals surface area contributed by atoms with Crippen molar-refractivity contribution in [1.82, 2.24) is 0 Å². The Morgan fingerprint density at radius 2 is 1.59 bits per heavy atom. The highest BCUT2D eigenvalue weighted by molar-refractivity contribution is 8.13.